The number of aromatic nitrogens is 5. The SMILES string of the molecule is COc1ccc(OC)c(-n2nnc(C(=O)Nc3cc(-n4cnc(C)c4)cc(C(F)(F)F)c3)c2C)c1. The summed E-state index contributed by atoms with van der Waals surface area (Å²) in [5.41, 5.74) is 0.620. The first-order chi connectivity index (χ1) is 16.6. The number of aryl methyl sites for hydroxylation is 1. The summed E-state index contributed by atoms with van der Waals surface area (Å²) in [6.45, 7) is 3.33. The summed E-state index contributed by atoms with van der Waals surface area (Å²) in [7, 11) is 2.99. The maximum Gasteiger partial charge on any atom is 0.416 e. The molecular weight excluding hydrogens is 465 g/mol. The monoisotopic (exact) mass is 486 g/mol. The van der Waals surface area contributed by atoms with E-state index < -0.39 is 17.6 Å². The number of nitrogens with one attached hydrogen (secondary N) is 1. The van der Waals surface area contributed by atoms with Gasteiger partial charge in [-0.1, -0.05) is 5.21 Å². The van der Waals surface area contributed by atoms with Crippen molar-refractivity contribution in [2.75, 3.05) is 19.5 Å². The molecule has 4 rings (SSSR count). The summed E-state index contributed by atoms with van der Waals surface area (Å²) in [6.07, 6.45) is -1.64. The summed E-state index contributed by atoms with van der Waals surface area (Å²) < 4.78 is 54.0. The van der Waals surface area contributed by atoms with Crippen LogP contribution in [0.1, 0.15) is 27.4 Å². The van der Waals surface area contributed by atoms with E-state index in [-0.39, 0.29) is 17.1 Å². The van der Waals surface area contributed by atoms with Crippen LogP contribution >= 0.6 is 0 Å². The van der Waals surface area contributed by atoms with Crippen LogP contribution in [0.2, 0.25) is 0 Å². The van der Waals surface area contributed by atoms with E-state index in [0.717, 1.165) is 12.1 Å². The van der Waals surface area contributed by atoms with Crippen molar-refractivity contribution >= 4 is 11.6 Å². The Morgan fingerprint density at radius 2 is 1.83 bits per heavy atom. The fraction of sp³-hybridized carbons (Fsp3) is 0.217. The van der Waals surface area contributed by atoms with Crippen LogP contribution in [-0.4, -0.2) is 44.7 Å². The molecule has 0 bridgehead atoms. The second-order valence-electron chi connectivity index (χ2n) is 7.62. The fourth-order valence-corrected chi connectivity index (χ4v) is 3.48. The molecule has 0 aliphatic heterocycles. The average molecular weight is 486 g/mol. The van der Waals surface area contributed by atoms with Crippen molar-refractivity contribution in [3.8, 4) is 22.9 Å². The topological polar surface area (TPSA) is 96.1 Å². The van der Waals surface area contributed by atoms with Gasteiger partial charge in [-0.15, -0.1) is 5.10 Å². The Morgan fingerprint density at radius 1 is 1.06 bits per heavy atom. The zero-order valence-electron chi connectivity index (χ0n) is 19.2. The molecule has 0 radical (unpaired) electrons. The number of alkyl halides is 3. The van der Waals surface area contributed by atoms with Gasteiger partial charge in [-0.2, -0.15) is 13.2 Å². The van der Waals surface area contributed by atoms with Gasteiger partial charge < -0.3 is 19.4 Å². The highest BCUT2D eigenvalue weighted by molar-refractivity contribution is 6.03. The molecule has 9 nitrogen and oxygen atoms in total. The van der Waals surface area contributed by atoms with E-state index in [1.165, 1.54) is 35.9 Å². The Labute approximate surface area is 198 Å². The van der Waals surface area contributed by atoms with Crippen molar-refractivity contribution in [2.45, 2.75) is 20.0 Å². The molecule has 0 fully saturated rings. The average Bonchev–Trinajstić information content (AvgIpc) is 3.43. The van der Waals surface area contributed by atoms with Gasteiger partial charge in [0.1, 0.15) is 17.2 Å². The Hall–Kier alpha value is -4.35. The number of rotatable bonds is 6. The van der Waals surface area contributed by atoms with Crippen LogP contribution in [0.3, 0.4) is 0 Å². The van der Waals surface area contributed by atoms with E-state index in [1.807, 2.05) is 0 Å². The Bertz CT molecular complexity index is 1390. The number of carbonyl (C=O) groups excluding carboxylic acids is 1. The molecule has 0 spiro atoms. The lowest BCUT2D eigenvalue weighted by Gasteiger charge is -2.13. The number of methoxy groups -OCH3 is 2. The van der Waals surface area contributed by atoms with Crippen molar-refractivity contribution in [3.63, 3.8) is 0 Å². The first-order valence-electron chi connectivity index (χ1n) is 10.3. The second-order valence-corrected chi connectivity index (χ2v) is 7.62. The summed E-state index contributed by atoms with van der Waals surface area (Å²) in [5.74, 6) is 0.277. The third kappa shape index (κ3) is 4.81. The third-order valence-corrected chi connectivity index (χ3v) is 5.24. The summed E-state index contributed by atoms with van der Waals surface area (Å²) >= 11 is 0. The zero-order chi connectivity index (χ0) is 25.3. The van der Waals surface area contributed by atoms with Gasteiger partial charge in [0, 0.05) is 23.6 Å². The Kier molecular flexibility index (Phi) is 6.20. The predicted molar refractivity (Wildman–Crippen MR) is 120 cm³/mol. The molecule has 2 aromatic heterocycles. The fourth-order valence-electron chi connectivity index (χ4n) is 3.48. The van der Waals surface area contributed by atoms with Crippen LogP contribution in [0.4, 0.5) is 18.9 Å². The number of ether oxygens (including phenoxy) is 2. The number of hydrogen-bond donors (Lipinski definition) is 1. The predicted octanol–water partition coefficient (Wildman–Crippen LogP) is 4.36. The van der Waals surface area contributed by atoms with Gasteiger partial charge in [0.15, 0.2) is 5.69 Å². The molecule has 182 valence electrons. The number of anilines is 1. The van der Waals surface area contributed by atoms with E-state index in [4.69, 9.17) is 9.47 Å². The molecular formula is C23H21F3N6O3. The number of hydrogen-bond acceptors (Lipinski definition) is 6. The van der Waals surface area contributed by atoms with E-state index in [1.54, 1.807) is 38.2 Å². The van der Waals surface area contributed by atoms with Gasteiger partial charge in [-0.25, -0.2) is 9.67 Å². The summed E-state index contributed by atoms with van der Waals surface area (Å²) in [5, 5.41) is 10.5. The van der Waals surface area contributed by atoms with E-state index in [0.29, 0.717) is 28.6 Å². The highest BCUT2D eigenvalue weighted by atomic mass is 19.4. The molecule has 2 heterocycles. The maximum atomic E-state index is 13.5. The van der Waals surface area contributed by atoms with Crippen LogP contribution in [0.5, 0.6) is 11.5 Å². The molecule has 12 heteroatoms. The van der Waals surface area contributed by atoms with Gasteiger partial charge in [0.05, 0.1) is 37.5 Å². The first kappa shape index (κ1) is 23.8. The molecule has 2 aromatic carbocycles. The van der Waals surface area contributed by atoms with Crippen LogP contribution in [0, 0.1) is 13.8 Å². The smallest absolute Gasteiger partial charge is 0.416 e. The minimum Gasteiger partial charge on any atom is -0.497 e. The molecule has 4 aromatic rings. The van der Waals surface area contributed by atoms with Gasteiger partial charge >= 0.3 is 6.18 Å². The normalized spacial score (nSPS) is 11.4. The Balaban J connectivity index is 1.69. The lowest BCUT2D eigenvalue weighted by molar-refractivity contribution is -0.137. The lowest BCUT2D eigenvalue weighted by atomic mass is 10.1. The van der Waals surface area contributed by atoms with Crippen molar-refractivity contribution < 1.29 is 27.4 Å². The van der Waals surface area contributed by atoms with Crippen LogP contribution in [0.15, 0.2) is 48.9 Å². The number of nitrogens with zero attached hydrogens (tertiary/aromatic N) is 5. The maximum absolute atomic E-state index is 13.5. The van der Waals surface area contributed by atoms with Crippen LogP contribution < -0.4 is 14.8 Å². The number of carbonyl (C=O) groups is 1. The summed E-state index contributed by atoms with van der Waals surface area (Å²) in [6, 6.07) is 8.29. The lowest BCUT2D eigenvalue weighted by Crippen LogP contribution is -2.16. The number of imidazole rings is 1. The highest BCUT2D eigenvalue weighted by Crippen LogP contribution is 2.33. The minimum atomic E-state index is -4.62. The molecule has 1 N–H and O–H groups in total. The minimum absolute atomic E-state index is 0.0564. The largest absolute Gasteiger partial charge is 0.497 e. The molecule has 35 heavy (non-hydrogen) atoms. The molecule has 0 aliphatic carbocycles. The van der Waals surface area contributed by atoms with Gasteiger partial charge in [-0.3, -0.25) is 4.79 Å². The number of benzene rings is 2. The second kappa shape index (κ2) is 9.12. The first-order valence-corrected chi connectivity index (χ1v) is 10.3. The standard InChI is InChI=1S/C23H21F3N6O3/c1-13-11-31(12-27-13)17-8-15(23(24,25)26)7-16(9-17)28-22(33)21-14(2)32(30-29-21)19-10-18(34-3)5-6-20(19)35-4/h5-12H,1-4H3,(H,28,33). The van der Waals surface area contributed by atoms with Crippen molar-refractivity contribution in [1.82, 2.24) is 24.5 Å². The van der Waals surface area contributed by atoms with E-state index >= 15 is 0 Å². The van der Waals surface area contributed by atoms with Crippen LogP contribution in [0.25, 0.3) is 11.4 Å². The van der Waals surface area contributed by atoms with Crippen molar-refractivity contribution in [3.05, 3.63) is 71.6 Å². The van der Waals surface area contributed by atoms with E-state index in [2.05, 4.69) is 20.6 Å². The van der Waals surface area contributed by atoms with E-state index in [9.17, 15) is 18.0 Å². The molecule has 0 atom stereocenters. The number of halogens is 3. The van der Waals surface area contributed by atoms with Gasteiger partial charge in [0.2, 0.25) is 0 Å². The molecule has 0 saturated carbocycles. The third-order valence-electron chi connectivity index (χ3n) is 5.24. The quantitative estimate of drug-likeness (QED) is 0.435. The molecule has 0 unspecified atom stereocenters. The van der Waals surface area contributed by atoms with Crippen molar-refractivity contribution in [1.29, 1.82) is 0 Å². The molecule has 1 amide bonds. The zero-order valence-corrected chi connectivity index (χ0v) is 19.2. The highest BCUT2D eigenvalue weighted by Gasteiger charge is 2.32. The van der Waals surface area contributed by atoms with Crippen molar-refractivity contribution in [2.24, 2.45) is 0 Å². The van der Waals surface area contributed by atoms with Gasteiger partial charge in [0.25, 0.3) is 5.91 Å². The molecule has 0 aliphatic rings. The van der Waals surface area contributed by atoms with Gasteiger partial charge in [-0.05, 0) is 44.2 Å². The Morgan fingerprint density at radius 3 is 2.46 bits per heavy atom. The molecule has 0 saturated heterocycles. The van der Waals surface area contributed by atoms with Crippen LogP contribution in [-0.2, 0) is 6.18 Å². The summed E-state index contributed by atoms with van der Waals surface area (Å²) in [4.78, 5) is 17.0. The number of amides is 1.